The molecule has 2 fully saturated rings. The van der Waals surface area contributed by atoms with Crippen molar-refractivity contribution >= 4 is 29.2 Å². The Morgan fingerprint density at radius 3 is 2.23 bits per heavy atom. The van der Waals surface area contributed by atoms with E-state index in [0.717, 1.165) is 11.3 Å². The Bertz CT molecular complexity index is 1310. The Morgan fingerprint density at radius 1 is 0.897 bits per heavy atom. The lowest BCUT2D eigenvalue weighted by Crippen LogP contribution is -2.58. The zero-order valence-electron chi connectivity index (χ0n) is 22.0. The van der Waals surface area contributed by atoms with Gasteiger partial charge in [0.1, 0.15) is 17.8 Å². The predicted octanol–water partition coefficient (Wildman–Crippen LogP) is 3.68. The van der Waals surface area contributed by atoms with E-state index in [2.05, 4.69) is 15.5 Å². The van der Waals surface area contributed by atoms with E-state index in [9.17, 15) is 14.4 Å². The Morgan fingerprint density at radius 2 is 1.54 bits per heavy atom. The molecule has 3 aromatic rings. The highest BCUT2D eigenvalue weighted by atomic mass is 16.5. The van der Waals surface area contributed by atoms with Crippen molar-refractivity contribution in [1.82, 2.24) is 15.1 Å². The SMILES string of the molecule is COc1ccccc1NC(=O)N1CCC2(CC1)C(=O)N(CC(=O)NCc1ccccc1)CN2c1ccccc1. The van der Waals surface area contributed by atoms with Crippen LogP contribution in [0.2, 0.25) is 0 Å². The van der Waals surface area contributed by atoms with Gasteiger partial charge in [0.05, 0.1) is 19.5 Å². The van der Waals surface area contributed by atoms with Crippen LogP contribution in [0.25, 0.3) is 0 Å². The van der Waals surface area contributed by atoms with E-state index in [1.54, 1.807) is 29.0 Å². The molecule has 0 radical (unpaired) electrons. The van der Waals surface area contributed by atoms with Crippen LogP contribution >= 0.6 is 0 Å². The molecule has 0 unspecified atom stereocenters. The van der Waals surface area contributed by atoms with E-state index >= 15 is 0 Å². The number of hydrogen-bond donors (Lipinski definition) is 2. The van der Waals surface area contributed by atoms with Gasteiger partial charge in [-0.25, -0.2) is 4.79 Å². The third kappa shape index (κ3) is 5.52. The maximum Gasteiger partial charge on any atom is 0.321 e. The summed E-state index contributed by atoms with van der Waals surface area (Å²) >= 11 is 0. The average Bonchev–Trinajstić information content (AvgIpc) is 3.23. The second-order valence-electron chi connectivity index (χ2n) is 9.82. The van der Waals surface area contributed by atoms with Gasteiger partial charge in [0.25, 0.3) is 5.91 Å². The van der Waals surface area contributed by atoms with Crippen LogP contribution in [0.15, 0.2) is 84.9 Å². The zero-order chi connectivity index (χ0) is 27.2. The molecule has 0 bridgehead atoms. The van der Waals surface area contributed by atoms with Gasteiger partial charge >= 0.3 is 6.03 Å². The van der Waals surface area contributed by atoms with Crippen LogP contribution in [0, 0.1) is 0 Å². The first-order valence-corrected chi connectivity index (χ1v) is 13.1. The topological polar surface area (TPSA) is 94.2 Å². The van der Waals surface area contributed by atoms with Gasteiger partial charge in [-0.05, 0) is 42.7 Å². The van der Waals surface area contributed by atoms with Crippen molar-refractivity contribution in [3.05, 3.63) is 90.5 Å². The number of nitrogens with zero attached hydrogens (tertiary/aromatic N) is 3. The highest BCUT2D eigenvalue weighted by molar-refractivity contribution is 5.97. The van der Waals surface area contributed by atoms with Gasteiger partial charge in [0.2, 0.25) is 5.91 Å². The fraction of sp³-hybridized carbons (Fsp3) is 0.300. The van der Waals surface area contributed by atoms with Gasteiger partial charge in [-0.15, -0.1) is 0 Å². The molecule has 2 heterocycles. The molecule has 9 nitrogen and oxygen atoms in total. The minimum Gasteiger partial charge on any atom is -0.495 e. The zero-order valence-corrected chi connectivity index (χ0v) is 22.0. The number of ether oxygens (including phenoxy) is 1. The van der Waals surface area contributed by atoms with Gasteiger partial charge in [-0.2, -0.15) is 0 Å². The number of para-hydroxylation sites is 3. The lowest BCUT2D eigenvalue weighted by molar-refractivity contribution is -0.137. The average molecular weight is 528 g/mol. The normalized spacial score (nSPS) is 16.3. The smallest absolute Gasteiger partial charge is 0.321 e. The molecular formula is C30H33N5O4. The fourth-order valence-electron chi connectivity index (χ4n) is 5.37. The number of nitrogens with one attached hydrogen (secondary N) is 2. The molecule has 0 aromatic heterocycles. The van der Waals surface area contributed by atoms with Gasteiger partial charge in [-0.1, -0.05) is 60.7 Å². The first kappa shape index (κ1) is 26.1. The van der Waals surface area contributed by atoms with Crippen molar-refractivity contribution in [3.63, 3.8) is 0 Å². The number of carbonyl (C=O) groups excluding carboxylic acids is 3. The molecule has 3 aromatic carbocycles. The van der Waals surface area contributed by atoms with E-state index < -0.39 is 5.54 Å². The molecule has 1 spiro atoms. The molecule has 2 saturated heterocycles. The van der Waals surface area contributed by atoms with Gasteiger partial charge in [0, 0.05) is 25.3 Å². The van der Waals surface area contributed by atoms with Crippen LogP contribution in [0.1, 0.15) is 18.4 Å². The van der Waals surface area contributed by atoms with Crippen molar-refractivity contribution in [1.29, 1.82) is 0 Å². The first-order valence-electron chi connectivity index (χ1n) is 13.1. The molecule has 2 N–H and O–H groups in total. The van der Waals surface area contributed by atoms with Crippen molar-refractivity contribution in [2.24, 2.45) is 0 Å². The molecular weight excluding hydrogens is 494 g/mol. The number of likely N-dealkylation sites (tertiary alicyclic amines) is 1. The van der Waals surface area contributed by atoms with Crippen molar-refractivity contribution in [2.45, 2.75) is 24.9 Å². The summed E-state index contributed by atoms with van der Waals surface area (Å²) < 4.78 is 5.35. The Kier molecular flexibility index (Phi) is 7.67. The number of carbonyl (C=O) groups is 3. The molecule has 5 rings (SSSR count). The largest absolute Gasteiger partial charge is 0.495 e. The monoisotopic (exact) mass is 527 g/mol. The number of benzene rings is 3. The summed E-state index contributed by atoms with van der Waals surface area (Å²) in [5.41, 5.74) is 1.70. The van der Waals surface area contributed by atoms with Crippen molar-refractivity contribution in [3.8, 4) is 5.75 Å². The summed E-state index contributed by atoms with van der Waals surface area (Å²) in [6.07, 6.45) is 0.921. The van der Waals surface area contributed by atoms with Crippen LogP contribution in [-0.4, -0.2) is 66.6 Å². The quantitative estimate of drug-likeness (QED) is 0.489. The maximum atomic E-state index is 13.9. The number of urea groups is 1. The van der Waals surface area contributed by atoms with Gasteiger partial charge < -0.3 is 30.1 Å². The van der Waals surface area contributed by atoms with E-state index in [0.29, 0.717) is 50.6 Å². The number of hydrogen-bond acceptors (Lipinski definition) is 5. The minimum absolute atomic E-state index is 0.0191. The van der Waals surface area contributed by atoms with Crippen LogP contribution in [-0.2, 0) is 16.1 Å². The lowest BCUT2D eigenvalue weighted by atomic mass is 9.85. The number of anilines is 2. The number of rotatable bonds is 7. The van der Waals surface area contributed by atoms with Gasteiger partial charge in [-0.3, -0.25) is 9.59 Å². The van der Waals surface area contributed by atoms with Crippen LogP contribution in [0.3, 0.4) is 0 Å². The van der Waals surface area contributed by atoms with E-state index in [1.165, 1.54) is 0 Å². The second-order valence-corrected chi connectivity index (χ2v) is 9.82. The van der Waals surface area contributed by atoms with Crippen molar-refractivity contribution < 1.29 is 19.1 Å². The molecule has 0 saturated carbocycles. The van der Waals surface area contributed by atoms with E-state index in [-0.39, 0.29) is 24.4 Å². The molecule has 2 aliphatic rings. The fourth-order valence-corrected chi connectivity index (χ4v) is 5.37. The van der Waals surface area contributed by atoms with Crippen LogP contribution < -0.4 is 20.3 Å². The Labute approximate surface area is 228 Å². The number of amides is 4. The van der Waals surface area contributed by atoms with Crippen LogP contribution in [0.4, 0.5) is 16.2 Å². The summed E-state index contributed by atoms with van der Waals surface area (Å²) in [7, 11) is 1.56. The standard InChI is InChI=1S/C30H33N5O4/c1-39-26-15-9-8-14-25(26)32-29(38)33-18-16-30(17-19-33)28(37)34(22-35(30)24-12-6-3-7-13-24)21-27(36)31-20-23-10-4-2-5-11-23/h2-15H,16-22H2,1H3,(H,31,36)(H,32,38). The maximum absolute atomic E-state index is 13.9. The highest BCUT2D eigenvalue weighted by Crippen LogP contribution is 2.39. The third-order valence-electron chi connectivity index (χ3n) is 7.48. The minimum atomic E-state index is -0.817. The third-order valence-corrected chi connectivity index (χ3v) is 7.48. The molecule has 9 heteroatoms. The Hall–Kier alpha value is -4.53. The van der Waals surface area contributed by atoms with Crippen molar-refractivity contribution in [2.75, 3.05) is 43.6 Å². The molecule has 202 valence electrons. The molecule has 0 atom stereocenters. The molecule has 4 amide bonds. The number of methoxy groups -OCH3 is 1. The summed E-state index contributed by atoms with van der Waals surface area (Å²) in [5.74, 6) is 0.304. The molecule has 39 heavy (non-hydrogen) atoms. The first-order chi connectivity index (χ1) is 19.0. The summed E-state index contributed by atoms with van der Waals surface area (Å²) in [6, 6.07) is 26.5. The predicted molar refractivity (Wildman–Crippen MR) is 149 cm³/mol. The van der Waals surface area contributed by atoms with Gasteiger partial charge in [0.15, 0.2) is 0 Å². The second kappa shape index (κ2) is 11.5. The van der Waals surface area contributed by atoms with Crippen LogP contribution in [0.5, 0.6) is 5.75 Å². The summed E-state index contributed by atoms with van der Waals surface area (Å²) in [5, 5.41) is 5.85. The number of piperidine rings is 1. The Balaban J connectivity index is 1.28. The lowest BCUT2D eigenvalue weighted by Gasteiger charge is -2.43. The summed E-state index contributed by atoms with van der Waals surface area (Å²) in [6.45, 7) is 1.52. The summed E-state index contributed by atoms with van der Waals surface area (Å²) in [4.78, 5) is 45.2. The molecule has 2 aliphatic heterocycles. The molecule has 0 aliphatic carbocycles. The van der Waals surface area contributed by atoms with E-state index in [4.69, 9.17) is 4.74 Å². The van der Waals surface area contributed by atoms with E-state index in [1.807, 2.05) is 72.8 Å². The highest BCUT2D eigenvalue weighted by Gasteiger charge is 2.54.